The van der Waals surface area contributed by atoms with E-state index >= 15 is 0 Å². The molecule has 2 aromatic rings. The van der Waals surface area contributed by atoms with Gasteiger partial charge in [-0.05, 0) is 18.2 Å². The van der Waals surface area contributed by atoms with Crippen molar-refractivity contribution in [2.45, 2.75) is 13.1 Å². The number of halogens is 1. The van der Waals surface area contributed by atoms with Gasteiger partial charge >= 0.3 is 0 Å². The fraction of sp³-hybridized carbons (Fsp3) is 0.250. The van der Waals surface area contributed by atoms with E-state index in [9.17, 15) is 0 Å². The zero-order valence-corrected chi connectivity index (χ0v) is 11.1. The van der Waals surface area contributed by atoms with Crippen LogP contribution in [-0.4, -0.2) is 21.3 Å². The highest BCUT2D eigenvalue weighted by atomic mass is 79.9. The molecule has 0 spiro atoms. The van der Waals surface area contributed by atoms with Crippen LogP contribution in [0.1, 0.15) is 11.4 Å². The molecular weight excluding hydrogens is 294 g/mol. The molecule has 0 saturated heterocycles. The van der Waals surface area contributed by atoms with Crippen LogP contribution in [0.3, 0.4) is 0 Å². The number of anilines is 1. The third kappa shape index (κ3) is 1.97. The van der Waals surface area contributed by atoms with E-state index in [0.717, 1.165) is 35.6 Å². The third-order valence-electron chi connectivity index (χ3n) is 3.02. The van der Waals surface area contributed by atoms with Gasteiger partial charge in [0, 0.05) is 23.2 Å². The van der Waals surface area contributed by atoms with Gasteiger partial charge < -0.3 is 9.47 Å². The second-order valence-corrected chi connectivity index (χ2v) is 5.09. The van der Waals surface area contributed by atoms with E-state index in [1.54, 1.807) is 6.33 Å². The molecule has 0 unspecified atom stereocenters. The Morgan fingerprint density at radius 3 is 3.00 bits per heavy atom. The molecule has 0 aliphatic carbocycles. The van der Waals surface area contributed by atoms with Crippen molar-refractivity contribution >= 4 is 21.6 Å². The fourth-order valence-electron chi connectivity index (χ4n) is 2.11. The van der Waals surface area contributed by atoms with Crippen LogP contribution in [0.15, 0.2) is 29.0 Å². The highest BCUT2D eigenvalue weighted by Gasteiger charge is 2.18. The van der Waals surface area contributed by atoms with Crippen LogP contribution >= 0.6 is 15.9 Å². The van der Waals surface area contributed by atoms with Gasteiger partial charge in [0.25, 0.3) is 0 Å². The van der Waals surface area contributed by atoms with Crippen LogP contribution < -0.4 is 4.90 Å². The third-order valence-corrected chi connectivity index (χ3v) is 3.47. The molecule has 0 fully saturated rings. The Morgan fingerprint density at radius 2 is 2.17 bits per heavy atom. The number of rotatable bonds is 1. The van der Waals surface area contributed by atoms with E-state index in [-0.39, 0.29) is 0 Å². The van der Waals surface area contributed by atoms with Gasteiger partial charge in [-0.1, -0.05) is 15.9 Å². The molecule has 6 heteroatoms. The maximum absolute atomic E-state index is 8.99. The smallest absolute Gasteiger partial charge is 0.152 e. The number of nitrogens with zero attached hydrogens (tertiary/aromatic N) is 5. The summed E-state index contributed by atoms with van der Waals surface area (Å²) in [5.74, 6) is 0.958. The number of hydrogen-bond acceptors (Lipinski definition) is 4. The predicted molar refractivity (Wildman–Crippen MR) is 69.9 cm³/mol. The van der Waals surface area contributed by atoms with Gasteiger partial charge in [0.05, 0.1) is 18.2 Å². The molecule has 0 N–H and O–H groups in total. The van der Waals surface area contributed by atoms with E-state index in [1.165, 1.54) is 0 Å². The highest BCUT2D eigenvalue weighted by molar-refractivity contribution is 9.10. The number of benzene rings is 1. The number of aromatic nitrogens is 3. The lowest BCUT2D eigenvalue weighted by molar-refractivity contribution is 0.560. The standard InChI is InChI=1S/C12H10BrN5/c13-10-3-9(6-14)4-11(5-10)17-1-2-18-8-15-16-12(18)7-17/h3-5,8H,1-2,7H2. The van der Waals surface area contributed by atoms with Crippen LogP contribution in [-0.2, 0) is 13.1 Å². The molecule has 0 amide bonds. The molecule has 3 rings (SSSR count). The monoisotopic (exact) mass is 303 g/mol. The SMILES string of the molecule is N#Cc1cc(Br)cc(N2CCn3cnnc3C2)c1. The van der Waals surface area contributed by atoms with Crippen molar-refractivity contribution in [3.8, 4) is 6.07 Å². The minimum Gasteiger partial charge on any atom is -0.362 e. The van der Waals surface area contributed by atoms with Crippen molar-refractivity contribution in [1.29, 1.82) is 5.26 Å². The Morgan fingerprint density at radius 1 is 1.28 bits per heavy atom. The van der Waals surface area contributed by atoms with Crippen LogP contribution in [0, 0.1) is 11.3 Å². The lowest BCUT2D eigenvalue weighted by Gasteiger charge is -2.29. The summed E-state index contributed by atoms with van der Waals surface area (Å²) < 4.78 is 2.98. The highest BCUT2D eigenvalue weighted by Crippen LogP contribution is 2.25. The quantitative estimate of drug-likeness (QED) is 0.808. The van der Waals surface area contributed by atoms with E-state index in [4.69, 9.17) is 5.26 Å². The summed E-state index contributed by atoms with van der Waals surface area (Å²) in [4.78, 5) is 2.20. The molecule has 5 nitrogen and oxygen atoms in total. The molecule has 1 aliphatic rings. The van der Waals surface area contributed by atoms with Crippen molar-refractivity contribution in [1.82, 2.24) is 14.8 Å². The average Bonchev–Trinajstić information content (AvgIpc) is 2.85. The summed E-state index contributed by atoms with van der Waals surface area (Å²) >= 11 is 3.43. The predicted octanol–water partition coefficient (Wildman–Crippen LogP) is 1.93. The molecule has 2 heterocycles. The summed E-state index contributed by atoms with van der Waals surface area (Å²) in [5.41, 5.74) is 1.70. The maximum atomic E-state index is 8.99. The lowest BCUT2D eigenvalue weighted by atomic mass is 10.2. The normalized spacial score (nSPS) is 14.1. The van der Waals surface area contributed by atoms with Gasteiger partial charge in [-0.25, -0.2) is 0 Å². The van der Waals surface area contributed by atoms with Crippen molar-refractivity contribution in [3.05, 3.63) is 40.4 Å². The van der Waals surface area contributed by atoms with Gasteiger partial charge in [0.2, 0.25) is 0 Å². The topological polar surface area (TPSA) is 57.7 Å². The minimum absolute atomic E-state index is 0.659. The van der Waals surface area contributed by atoms with Gasteiger partial charge in [0.1, 0.15) is 6.33 Å². The van der Waals surface area contributed by atoms with Crippen LogP contribution in [0.4, 0.5) is 5.69 Å². The van der Waals surface area contributed by atoms with Crippen molar-refractivity contribution in [2.24, 2.45) is 0 Å². The van der Waals surface area contributed by atoms with Crippen LogP contribution in [0.2, 0.25) is 0 Å². The van der Waals surface area contributed by atoms with E-state index in [1.807, 2.05) is 18.2 Å². The summed E-state index contributed by atoms with van der Waals surface area (Å²) in [7, 11) is 0. The first kappa shape index (κ1) is 11.2. The molecule has 1 aromatic carbocycles. The molecule has 1 aliphatic heterocycles. The van der Waals surface area contributed by atoms with Gasteiger partial charge in [-0.3, -0.25) is 0 Å². The van der Waals surface area contributed by atoms with Gasteiger partial charge in [0.15, 0.2) is 5.82 Å². The van der Waals surface area contributed by atoms with E-state index < -0.39 is 0 Å². The first-order chi connectivity index (χ1) is 8.76. The molecule has 0 saturated carbocycles. The second kappa shape index (κ2) is 4.42. The molecule has 18 heavy (non-hydrogen) atoms. The Bertz CT molecular complexity index is 628. The molecule has 90 valence electrons. The summed E-state index contributed by atoms with van der Waals surface area (Å²) in [6.45, 7) is 2.49. The average molecular weight is 304 g/mol. The van der Waals surface area contributed by atoms with Crippen LogP contribution in [0.25, 0.3) is 0 Å². The Kier molecular flexibility index (Phi) is 2.76. The van der Waals surface area contributed by atoms with E-state index in [0.29, 0.717) is 5.56 Å². The first-order valence-corrected chi connectivity index (χ1v) is 6.38. The first-order valence-electron chi connectivity index (χ1n) is 5.58. The largest absolute Gasteiger partial charge is 0.362 e. The number of hydrogen-bond donors (Lipinski definition) is 0. The van der Waals surface area contributed by atoms with Crippen molar-refractivity contribution in [2.75, 3.05) is 11.4 Å². The second-order valence-electron chi connectivity index (χ2n) is 4.17. The minimum atomic E-state index is 0.659. The molecule has 0 radical (unpaired) electrons. The lowest BCUT2D eigenvalue weighted by Crippen LogP contribution is -2.33. The molecule has 0 atom stereocenters. The summed E-state index contributed by atoms with van der Waals surface area (Å²) in [6, 6.07) is 7.91. The zero-order chi connectivity index (χ0) is 12.5. The Balaban J connectivity index is 1.93. The maximum Gasteiger partial charge on any atom is 0.152 e. The Labute approximate surface area is 113 Å². The molecule has 0 bridgehead atoms. The molecular formula is C12H10BrN5. The van der Waals surface area contributed by atoms with Gasteiger partial charge in [-0.2, -0.15) is 5.26 Å². The Hall–Kier alpha value is -1.87. The van der Waals surface area contributed by atoms with Gasteiger partial charge in [-0.15, -0.1) is 10.2 Å². The number of nitriles is 1. The summed E-state index contributed by atoms with van der Waals surface area (Å²) in [6.07, 6.45) is 1.76. The summed E-state index contributed by atoms with van der Waals surface area (Å²) in [5, 5.41) is 17.0. The fourth-order valence-corrected chi connectivity index (χ4v) is 2.59. The van der Waals surface area contributed by atoms with Crippen molar-refractivity contribution < 1.29 is 0 Å². The van der Waals surface area contributed by atoms with Crippen LogP contribution in [0.5, 0.6) is 0 Å². The van der Waals surface area contributed by atoms with Crippen molar-refractivity contribution in [3.63, 3.8) is 0 Å². The zero-order valence-electron chi connectivity index (χ0n) is 9.54. The molecule has 1 aromatic heterocycles. The van der Waals surface area contributed by atoms with E-state index in [2.05, 4.69) is 41.7 Å². The number of fused-ring (bicyclic) bond motifs is 1.